The second kappa shape index (κ2) is 6.54. The number of carbonyl (C=O) groups excluding carboxylic acids is 2. The number of anilines is 1. The lowest BCUT2D eigenvalue weighted by Crippen LogP contribution is -2.50. The number of pyridine rings is 1. The normalized spacial score (nSPS) is 19.3. The molecule has 3 N–H and O–H groups in total. The van der Waals surface area contributed by atoms with Gasteiger partial charge >= 0.3 is 0 Å². The summed E-state index contributed by atoms with van der Waals surface area (Å²) < 4.78 is 0. The third-order valence-corrected chi connectivity index (χ3v) is 4.47. The maximum atomic E-state index is 12.2. The summed E-state index contributed by atoms with van der Waals surface area (Å²) in [4.78, 5) is 32.3. The number of hydrogen-bond acceptors (Lipinski definition) is 5. The van der Waals surface area contributed by atoms with Crippen molar-refractivity contribution in [2.45, 2.75) is 24.8 Å². The molecule has 1 saturated carbocycles. The number of hydrogen-bond donors (Lipinski definition) is 2. The second-order valence-corrected chi connectivity index (χ2v) is 6.22. The summed E-state index contributed by atoms with van der Waals surface area (Å²) in [6.07, 6.45) is 3.58. The number of nitrogens with two attached hydrogens (primary N) is 1. The van der Waals surface area contributed by atoms with Gasteiger partial charge in [-0.2, -0.15) is 0 Å². The molecule has 7 heteroatoms. The summed E-state index contributed by atoms with van der Waals surface area (Å²) in [5.41, 5.74) is 5.13. The zero-order valence-electron chi connectivity index (χ0n) is 13.2. The Balaban J connectivity index is 1.39. The topological polar surface area (TPSA) is 91.6 Å². The zero-order valence-corrected chi connectivity index (χ0v) is 13.2. The number of rotatable bonds is 5. The zero-order chi connectivity index (χ0) is 16.3. The lowest BCUT2D eigenvalue weighted by Gasteiger charge is -2.35. The summed E-state index contributed by atoms with van der Waals surface area (Å²) in [7, 11) is 0. The number of nitrogens with zero attached hydrogens (tertiary/aromatic N) is 3. The van der Waals surface area contributed by atoms with E-state index in [2.05, 4.69) is 15.2 Å². The van der Waals surface area contributed by atoms with Crippen LogP contribution in [-0.4, -0.2) is 60.0 Å². The highest BCUT2D eigenvalue weighted by molar-refractivity contribution is 5.89. The monoisotopic (exact) mass is 317 g/mol. The van der Waals surface area contributed by atoms with Gasteiger partial charge in [0.2, 0.25) is 11.8 Å². The summed E-state index contributed by atoms with van der Waals surface area (Å²) in [6, 6.07) is 5.84. The van der Waals surface area contributed by atoms with Gasteiger partial charge in [0, 0.05) is 45.3 Å². The van der Waals surface area contributed by atoms with E-state index in [9.17, 15) is 9.59 Å². The minimum absolute atomic E-state index is 0.0767. The van der Waals surface area contributed by atoms with Gasteiger partial charge in [-0.05, 0) is 25.0 Å². The molecule has 1 aromatic heterocycles. The van der Waals surface area contributed by atoms with Crippen molar-refractivity contribution < 1.29 is 9.59 Å². The molecule has 3 rings (SSSR count). The van der Waals surface area contributed by atoms with Gasteiger partial charge in [-0.15, -0.1) is 0 Å². The molecule has 124 valence electrons. The second-order valence-electron chi connectivity index (χ2n) is 6.22. The number of aromatic nitrogens is 1. The summed E-state index contributed by atoms with van der Waals surface area (Å²) in [5, 5.41) is 2.76. The maximum absolute atomic E-state index is 12.2. The molecule has 0 spiro atoms. The van der Waals surface area contributed by atoms with Crippen molar-refractivity contribution in [1.29, 1.82) is 0 Å². The fourth-order valence-electron chi connectivity index (χ4n) is 2.70. The first-order valence-corrected chi connectivity index (χ1v) is 8.09. The Kier molecular flexibility index (Phi) is 4.47. The van der Waals surface area contributed by atoms with E-state index in [-0.39, 0.29) is 11.8 Å². The molecule has 2 fully saturated rings. The molecule has 1 aliphatic heterocycles. The number of nitrogens with one attached hydrogen (secondary N) is 1. The van der Waals surface area contributed by atoms with Crippen LogP contribution in [0, 0.1) is 0 Å². The van der Waals surface area contributed by atoms with Gasteiger partial charge in [-0.25, -0.2) is 4.98 Å². The Bertz CT molecular complexity index is 565. The van der Waals surface area contributed by atoms with Crippen molar-refractivity contribution in [3.63, 3.8) is 0 Å². The molecule has 0 atom stereocenters. The molecule has 2 heterocycles. The average Bonchev–Trinajstić information content (AvgIpc) is 3.34. The van der Waals surface area contributed by atoms with Gasteiger partial charge in [0.1, 0.15) is 5.82 Å². The summed E-state index contributed by atoms with van der Waals surface area (Å²) in [5.74, 6) is 0.891. The Labute approximate surface area is 135 Å². The van der Waals surface area contributed by atoms with Crippen LogP contribution in [0.1, 0.15) is 19.3 Å². The highest BCUT2D eigenvalue weighted by atomic mass is 16.2. The van der Waals surface area contributed by atoms with Crippen molar-refractivity contribution >= 4 is 17.6 Å². The van der Waals surface area contributed by atoms with Crippen LogP contribution in [0.15, 0.2) is 24.4 Å². The first kappa shape index (κ1) is 15.7. The quantitative estimate of drug-likeness (QED) is 0.780. The lowest BCUT2D eigenvalue weighted by molar-refractivity contribution is -0.131. The molecular formula is C16H23N5O2. The Morgan fingerprint density at radius 3 is 2.57 bits per heavy atom. The molecule has 2 aliphatic rings. The van der Waals surface area contributed by atoms with Gasteiger partial charge in [0.25, 0.3) is 0 Å². The molecule has 1 saturated heterocycles. The predicted molar refractivity (Wildman–Crippen MR) is 86.8 cm³/mol. The van der Waals surface area contributed by atoms with Crippen LogP contribution >= 0.6 is 0 Å². The predicted octanol–water partition coefficient (Wildman–Crippen LogP) is -0.272. The molecule has 0 bridgehead atoms. The van der Waals surface area contributed by atoms with Crippen LogP contribution < -0.4 is 16.0 Å². The van der Waals surface area contributed by atoms with Gasteiger partial charge < -0.3 is 20.9 Å². The van der Waals surface area contributed by atoms with Crippen LogP contribution in [0.4, 0.5) is 5.82 Å². The van der Waals surface area contributed by atoms with E-state index in [1.165, 1.54) is 0 Å². The van der Waals surface area contributed by atoms with Crippen LogP contribution in [0.2, 0.25) is 0 Å². The fourth-order valence-corrected chi connectivity index (χ4v) is 2.70. The molecule has 0 radical (unpaired) electrons. The van der Waals surface area contributed by atoms with Crippen LogP contribution in [0.3, 0.4) is 0 Å². The van der Waals surface area contributed by atoms with Gasteiger partial charge in [-0.1, -0.05) is 6.07 Å². The molecule has 0 aromatic carbocycles. The standard InChI is InChI=1S/C16H23N5O2/c17-16(5-6-16)15(23)19-8-4-14(22)21-11-9-20(10-12-21)13-3-1-2-7-18-13/h1-3,7H,4-6,8-12,17H2,(H,19,23). The highest BCUT2D eigenvalue weighted by Gasteiger charge is 2.45. The molecule has 0 unspecified atom stereocenters. The van der Waals surface area contributed by atoms with E-state index in [0.717, 1.165) is 31.7 Å². The third kappa shape index (κ3) is 3.79. The van der Waals surface area contributed by atoms with Crippen molar-refractivity contribution in [2.75, 3.05) is 37.6 Å². The van der Waals surface area contributed by atoms with E-state index in [1.54, 1.807) is 6.20 Å². The van der Waals surface area contributed by atoms with Crippen molar-refractivity contribution in [3.05, 3.63) is 24.4 Å². The van der Waals surface area contributed by atoms with Gasteiger partial charge in [0.15, 0.2) is 0 Å². The Morgan fingerprint density at radius 2 is 1.96 bits per heavy atom. The molecule has 1 aromatic rings. The highest BCUT2D eigenvalue weighted by Crippen LogP contribution is 2.31. The fraction of sp³-hybridized carbons (Fsp3) is 0.562. The number of carbonyl (C=O) groups is 2. The van der Waals surface area contributed by atoms with Crippen LogP contribution in [0.25, 0.3) is 0 Å². The first-order valence-electron chi connectivity index (χ1n) is 8.09. The van der Waals surface area contributed by atoms with E-state index >= 15 is 0 Å². The van der Waals surface area contributed by atoms with Gasteiger partial charge in [0.05, 0.1) is 5.54 Å². The minimum Gasteiger partial charge on any atom is -0.354 e. The summed E-state index contributed by atoms with van der Waals surface area (Å²) >= 11 is 0. The molecule has 2 amide bonds. The SMILES string of the molecule is NC1(C(=O)NCCC(=O)N2CCN(c3ccccn3)CC2)CC1. The van der Waals surface area contributed by atoms with E-state index in [1.807, 2.05) is 23.1 Å². The van der Waals surface area contributed by atoms with Crippen LogP contribution in [0.5, 0.6) is 0 Å². The number of amides is 2. The molecule has 23 heavy (non-hydrogen) atoms. The molecular weight excluding hydrogens is 294 g/mol. The summed E-state index contributed by atoms with van der Waals surface area (Å²) in [6.45, 7) is 3.29. The van der Waals surface area contributed by atoms with Crippen molar-refractivity contribution in [2.24, 2.45) is 5.73 Å². The third-order valence-electron chi connectivity index (χ3n) is 4.47. The Hall–Kier alpha value is -2.15. The number of piperazine rings is 1. The first-order chi connectivity index (χ1) is 11.1. The molecule has 1 aliphatic carbocycles. The lowest BCUT2D eigenvalue weighted by atomic mass is 10.2. The molecule has 7 nitrogen and oxygen atoms in total. The average molecular weight is 317 g/mol. The Morgan fingerprint density at radius 1 is 1.22 bits per heavy atom. The van der Waals surface area contributed by atoms with Gasteiger partial charge in [-0.3, -0.25) is 9.59 Å². The van der Waals surface area contributed by atoms with E-state index in [4.69, 9.17) is 5.73 Å². The smallest absolute Gasteiger partial charge is 0.240 e. The van der Waals surface area contributed by atoms with Crippen molar-refractivity contribution in [1.82, 2.24) is 15.2 Å². The van der Waals surface area contributed by atoms with Crippen molar-refractivity contribution in [3.8, 4) is 0 Å². The maximum Gasteiger partial charge on any atom is 0.240 e. The van der Waals surface area contributed by atoms with Crippen LogP contribution in [-0.2, 0) is 9.59 Å². The van der Waals surface area contributed by atoms with E-state index < -0.39 is 5.54 Å². The largest absolute Gasteiger partial charge is 0.354 e. The van der Waals surface area contributed by atoms with E-state index in [0.29, 0.717) is 26.1 Å². The minimum atomic E-state index is -0.669.